The molecule has 3 rings (SSSR count). The summed E-state index contributed by atoms with van der Waals surface area (Å²) in [5, 5.41) is 4.01. The summed E-state index contributed by atoms with van der Waals surface area (Å²) in [4.78, 5) is 12.0. The summed E-state index contributed by atoms with van der Waals surface area (Å²) in [5.41, 5.74) is 3.56. The average Bonchev–Trinajstić information content (AvgIpc) is 3.04. The second-order valence-electron chi connectivity index (χ2n) is 6.19. The van der Waals surface area contributed by atoms with Gasteiger partial charge in [-0.25, -0.2) is 5.43 Å². The van der Waals surface area contributed by atoms with E-state index in [2.05, 4.69) is 10.5 Å². The summed E-state index contributed by atoms with van der Waals surface area (Å²) in [7, 11) is 0. The zero-order chi connectivity index (χ0) is 16.0. The highest BCUT2D eigenvalue weighted by atomic mass is 16.7. The number of hydrogen-bond acceptors (Lipinski definition) is 4. The first-order valence-corrected chi connectivity index (χ1v) is 8.43. The Labute approximate surface area is 137 Å². The van der Waals surface area contributed by atoms with Crippen molar-refractivity contribution in [3.63, 3.8) is 0 Å². The summed E-state index contributed by atoms with van der Waals surface area (Å²) >= 11 is 0. The van der Waals surface area contributed by atoms with Crippen LogP contribution in [-0.4, -0.2) is 31.1 Å². The highest BCUT2D eigenvalue weighted by molar-refractivity contribution is 5.82. The van der Waals surface area contributed by atoms with Crippen LogP contribution in [0.5, 0.6) is 0 Å². The highest BCUT2D eigenvalue weighted by Gasteiger charge is 2.45. The van der Waals surface area contributed by atoms with Crippen molar-refractivity contribution in [2.45, 2.75) is 44.3 Å². The van der Waals surface area contributed by atoms with Crippen molar-refractivity contribution in [2.24, 2.45) is 11.0 Å². The van der Waals surface area contributed by atoms with Crippen molar-refractivity contribution in [2.75, 3.05) is 13.2 Å². The molecule has 1 aliphatic heterocycles. The van der Waals surface area contributed by atoms with Crippen LogP contribution in [0.1, 0.15) is 44.1 Å². The second kappa shape index (κ2) is 7.70. The highest BCUT2D eigenvalue weighted by Crippen LogP contribution is 2.42. The van der Waals surface area contributed by atoms with E-state index in [9.17, 15) is 4.79 Å². The minimum atomic E-state index is -0.425. The van der Waals surface area contributed by atoms with Crippen molar-refractivity contribution in [1.29, 1.82) is 0 Å². The number of benzene rings is 1. The summed E-state index contributed by atoms with van der Waals surface area (Å²) in [5.74, 6) is -0.176. The molecule has 124 valence electrons. The lowest BCUT2D eigenvalue weighted by molar-refractivity contribution is -0.213. The van der Waals surface area contributed by atoms with Crippen LogP contribution in [0.15, 0.2) is 35.4 Å². The van der Waals surface area contributed by atoms with Gasteiger partial charge in [0, 0.05) is 18.8 Å². The molecule has 1 amide bonds. The van der Waals surface area contributed by atoms with Gasteiger partial charge in [0.15, 0.2) is 5.79 Å². The molecule has 1 aliphatic carbocycles. The molecule has 23 heavy (non-hydrogen) atoms. The predicted molar refractivity (Wildman–Crippen MR) is 88.0 cm³/mol. The first-order chi connectivity index (χ1) is 11.3. The molecular weight excluding hydrogens is 292 g/mol. The second-order valence-corrected chi connectivity index (χ2v) is 6.19. The minimum absolute atomic E-state index is 0.0594. The number of rotatable bonds is 5. The molecule has 1 atom stereocenters. The lowest BCUT2D eigenvalue weighted by Gasteiger charge is -2.39. The van der Waals surface area contributed by atoms with Crippen LogP contribution >= 0.6 is 0 Å². The molecule has 1 aromatic rings. The van der Waals surface area contributed by atoms with Gasteiger partial charge in [0.05, 0.1) is 19.4 Å². The largest absolute Gasteiger partial charge is 0.347 e. The molecule has 1 aromatic carbocycles. The van der Waals surface area contributed by atoms with Crippen LogP contribution < -0.4 is 5.43 Å². The van der Waals surface area contributed by atoms with Crippen LogP contribution in [0.2, 0.25) is 0 Å². The zero-order valence-corrected chi connectivity index (χ0v) is 13.4. The van der Waals surface area contributed by atoms with Gasteiger partial charge in [-0.3, -0.25) is 4.79 Å². The van der Waals surface area contributed by atoms with Gasteiger partial charge in [-0.15, -0.1) is 0 Å². The van der Waals surface area contributed by atoms with E-state index in [0.29, 0.717) is 25.6 Å². The van der Waals surface area contributed by atoms with Gasteiger partial charge in [0.2, 0.25) is 5.91 Å². The molecule has 0 radical (unpaired) electrons. The molecule has 0 bridgehead atoms. The first kappa shape index (κ1) is 16.1. The normalized spacial score (nSPS) is 23.4. The van der Waals surface area contributed by atoms with E-state index >= 15 is 0 Å². The minimum Gasteiger partial charge on any atom is -0.347 e. The van der Waals surface area contributed by atoms with E-state index in [4.69, 9.17) is 9.47 Å². The van der Waals surface area contributed by atoms with Crippen molar-refractivity contribution >= 4 is 12.1 Å². The number of hydrazone groups is 1. The monoisotopic (exact) mass is 316 g/mol. The molecular formula is C18H24N2O3. The third-order valence-electron chi connectivity index (χ3n) is 4.65. The number of nitrogens with zero attached hydrogens (tertiary/aromatic N) is 1. The first-order valence-electron chi connectivity index (χ1n) is 8.43. The average molecular weight is 316 g/mol. The van der Waals surface area contributed by atoms with Gasteiger partial charge in [-0.1, -0.05) is 36.8 Å². The Hall–Kier alpha value is -1.72. The van der Waals surface area contributed by atoms with E-state index in [1.807, 2.05) is 30.3 Å². The quantitative estimate of drug-likeness (QED) is 0.671. The van der Waals surface area contributed by atoms with E-state index in [0.717, 1.165) is 31.2 Å². The molecule has 1 unspecified atom stereocenters. The Morgan fingerprint density at radius 2 is 2.04 bits per heavy atom. The van der Waals surface area contributed by atoms with Crippen molar-refractivity contribution in [3.05, 3.63) is 35.9 Å². The molecule has 2 fully saturated rings. The third kappa shape index (κ3) is 4.18. The number of carbonyl (C=O) groups is 1. The SMILES string of the molecule is O=C(CCC1CCCCC12OCCO2)N/N=C/c1ccccc1. The van der Waals surface area contributed by atoms with Crippen LogP contribution in [-0.2, 0) is 14.3 Å². The Bertz CT molecular complexity index is 538. The molecule has 1 N–H and O–H groups in total. The standard InChI is InChI=1S/C18H24N2O3/c21-17(20-19-14-15-6-2-1-3-7-15)10-9-16-8-4-5-11-18(16)22-12-13-23-18/h1-3,6-7,14,16H,4-5,8-13H2,(H,20,21)/b19-14+. The molecule has 1 saturated carbocycles. The summed E-state index contributed by atoms with van der Waals surface area (Å²) in [6.45, 7) is 1.34. The van der Waals surface area contributed by atoms with Crippen molar-refractivity contribution in [1.82, 2.24) is 5.43 Å². The Morgan fingerprint density at radius 1 is 1.26 bits per heavy atom. The Kier molecular flexibility index (Phi) is 5.41. The Morgan fingerprint density at radius 3 is 2.83 bits per heavy atom. The van der Waals surface area contributed by atoms with E-state index in [-0.39, 0.29) is 5.91 Å². The fourth-order valence-corrected chi connectivity index (χ4v) is 3.48. The number of hydrogen-bond donors (Lipinski definition) is 1. The maximum absolute atomic E-state index is 12.0. The molecule has 1 heterocycles. The zero-order valence-electron chi connectivity index (χ0n) is 13.4. The summed E-state index contributed by atoms with van der Waals surface area (Å²) in [6, 6.07) is 9.70. The maximum Gasteiger partial charge on any atom is 0.240 e. The summed E-state index contributed by atoms with van der Waals surface area (Å²) < 4.78 is 11.8. The number of carbonyl (C=O) groups excluding carboxylic acids is 1. The van der Waals surface area contributed by atoms with E-state index in [1.54, 1.807) is 6.21 Å². The van der Waals surface area contributed by atoms with Crippen LogP contribution in [0.4, 0.5) is 0 Å². The van der Waals surface area contributed by atoms with Crippen molar-refractivity contribution < 1.29 is 14.3 Å². The van der Waals surface area contributed by atoms with Gasteiger partial charge in [-0.2, -0.15) is 5.10 Å². The predicted octanol–water partition coefficient (Wildman–Crippen LogP) is 2.85. The van der Waals surface area contributed by atoms with Crippen LogP contribution in [0.3, 0.4) is 0 Å². The lowest BCUT2D eigenvalue weighted by atomic mass is 9.80. The lowest BCUT2D eigenvalue weighted by Crippen LogP contribution is -2.42. The molecule has 1 saturated heterocycles. The molecule has 1 spiro atoms. The molecule has 2 aliphatic rings. The third-order valence-corrected chi connectivity index (χ3v) is 4.65. The van der Waals surface area contributed by atoms with E-state index < -0.39 is 5.79 Å². The number of amides is 1. The van der Waals surface area contributed by atoms with Gasteiger partial charge in [-0.05, 0) is 24.8 Å². The van der Waals surface area contributed by atoms with Crippen molar-refractivity contribution in [3.8, 4) is 0 Å². The van der Waals surface area contributed by atoms with Gasteiger partial charge >= 0.3 is 0 Å². The van der Waals surface area contributed by atoms with Gasteiger partial charge in [0.1, 0.15) is 0 Å². The topological polar surface area (TPSA) is 59.9 Å². The number of nitrogens with one attached hydrogen (secondary N) is 1. The number of ether oxygens (including phenoxy) is 2. The Balaban J connectivity index is 1.46. The van der Waals surface area contributed by atoms with E-state index in [1.165, 1.54) is 6.42 Å². The fraction of sp³-hybridized carbons (Fsp3) is 0.556. The smallest absolute Gasteiger partial charge is 0.240 e. The fourth-order valence-electron chi connectivity index (χ4n) is 3.48. The van der Waals surface area contributed by atoms with Crippen LogP contribution in [0.25, 0.3) is 0 Å². The van der Waals surface area contributed by atoms with Crippen LogP contribution in [0, 0.1) is 5.92 Å². The molecule has 5 nitrogen and oxygen atoms in total. The summed E-state index contributed by atoms with van der Waals surface area (Å²) in [6.07, 6.45) is 7.24. The molecule has 5 heteroatoms. The van der Waals surface area contributed by atoms with Gasteiger partial charge in [0.25, 0.3) is 0 Å². The maximum atomic E-state index is 12.0. The van der Waals surface area contributed by atoms with Gasteiger partial charge < -0.3 is 9.47 Å². The molecule has 0 aromatic heterocycles.